The zero-order chi connectivity index (χ0) is 20.1. The number of aliphatic hydroxyl groups is 1. The number of hydrogen-bond donors (Lipinski definition) is 2. The Labute approximate surface area is 163 Å². The zero-order valence-corrected chi connectivity index (χ0v) is 16.3. The van der Waals surface area contributed by atoms with Gasteiger partial charge in [0, 0.05) is 12.1 Å². The smallest absolute Gasteiger partial charge is 0.240 e. The van der Waals surface area contributed by atoms with Gasteiger partial charge < -0.3 is 9.84 Å². The number of ether oxygens (including phenoxy) is 1. The second-order valence-electron chi connectivity index (χ2n) is 6.22. The van der Waals surface area contributed by atoms with Crippen molar-refractivity contribution in [2.75, 3.05) is 13.7 Å². The van der Waals surface area contributed by atoms with E-state index in [1.54, 1.807) is 19.2 Å². The van der Waals surface area contributed by atoms with Gasteiger partial charge in [-0.15, -0.1) is 10.2 Å². The fourth-order valence-corrected chi connectivity index (χ4v) is 3.54. The van der Waals surface area contributed by atoms with E-state index in [0.717, 1.165) is 11.3 Å². The van der Waals surface area contributed by atoms with Crippen molar-refractivity contribution in [3.63, 3.8) is 0 Å². The van der Waals surface area contributed by atoms with Crippen molar-refractivity contribution in [3.8, 4) is 17.1 Å². The van der Waals surface area contributed by atoms with Crippen LogP contribution in [0.3, 0.4) is 0 Å². The Morgan fingerprint density at radius 2 is 1.82 bits per heavy atom. The summed E-state index contributed by atoms with van der Waals surface area (Å²) in [7, 11) is -2.07. The number of rotatable bonds is 8. The van der Waals surface area contributed by atoms with E-state index in [1.807, 2.05) is 24.3 Å². The average Bonchev–Trinajstić information content (AvgIpc) is 3.16. The molecule has 1 atom stereocenters. The fraction of sp³-hybridized carbons (Fsp3) is 0.278. The summed E-state index contributed by atoms with van der Waals surface area (Å²) in [5, 5.41) is 21.6. The summed E-state index contributed by atoms with van der Waals surface area (Å²) in [4.78, 5) is 1.56. The van der Waals surface area contributed by atoms with Crippen molar-refractivity contribution >= 4 is 10.0 Å². The summed E-state index contributed by atoms with van der Waals surface area (Å²) < 4.78 is 31.8. The second kappa shape index (κ2) is 8.46. The first-order valence-electron chi connectivity index (χ1n) is 8.56. The van der Waals surface area contributed by atoms with Crippen LogP contribution in [0.1, 0.15) is 12.5 Å². The Bertz CT molecular complexity index is 1010. The molecule has 148 valence electrons. The number of benzene rings is 2. The van der Waals surface area contributed by atoms with Crippen molar-refractivity contribution in [1.29, 1.82) is 0 Å². The fourth-order valence-electron chi connectivity index (χ4n) is 2.42. The number of nitrogens with zero attached hydrogens (tertiary/aromatic N) is 4. The quantitative estimate of drug-likeness (QED) is 0.577. The molecule has 10 heteroatoms. The zero-order valence-electron chi connectivity index (χ0n) is 15.5. The highest BCUT2D eigenvalue weighted by Gasteiger charge is 2.15. The largest absolute Gasteiger partial charge is 0.497 e. The van der Waals surface area contributed by atoms with Crippen LogP contribution in [0.5, 0.6) is 5.75 Å². The number of hydrogen-bond acceptors (Lipinski definition) is 7. The first kappa shape index (κ1) is 19.9. The highest BCUT2D eigenvalue weighted by Crippen LogP contribution is 2.18. The van der Waals surface area contributed by atoms with Crippen LogP contribution < -0.4 is 9.46 Å². The third-order valence-corrected chi connectivity index (χ3v) is 5.37. The highest BCUT2D eigenvalue weighted by atomic mass is 32.2. The van der Waals surface area contributed by atoms with Gasteiger partial charge in [0.05, 0.1) is 24.7 Å². The first-order chi connectivity index (χ1) is 13.4. The van der Waals surface area contributed by atoms with Gasteiger partial charge in [-0.25, -0.2) is 13.1 Å². The average molecular weight is 403 g/mol. The molecule has 0 radical (unpaired) electrons. The van der Waals surface area contributed by atoms with Gasteiger partial charge in [-0.3, -0.25) is 0 Å². The molecular weight excluding hydrogens is 382 g/mol. The standard InChI is InChI=1S/C18H21N5O4S/c1-13(24)11-19-28(25,26)17-9-5-15(6-10-17)18-20-22-23(21-18)12-14-3-7-16(27-2)8-4-14/h3-10,13,19,24H,11-12H2,1-2H3. The number of aromatic nitrogens is 4. The molecular formula is C18H21N5O4S. The Balaban J connectivity index is 1.70. The lowest BCUT2D eigenvalue weighted by Crippen LogP contribution is -2.30. The number of aliphatic hydroxyl groups excluding tert-OH is 1. The third kappa shape index (κ3) is 4.91. The highest BCUT2D eigenvalue weighted by molar-refractivity contribution is 7.89. The van der Waals surface area contributed by atoms with Crippen molar-refractivity contribution in [1.82, 2.24) is 24.9 Å². The summed E-state index contributed by atoms with van der Waals surface area (Å²) in [6, 6.07) is 13.7. The van der Waals surface area contributed by atoms with Gasteiger partial charge in [0.15, 0.2) is 0 Å². The minimum absolute atomic E-state index is 0.0503. The predicted molar refractivity (Wildman–Crippen MR) is 102 cm³/mol. The SMILES string of the molecule is COc1ccc(Cn2nnc(-c3ccc(S(=O)(=O)NCC(C)O)cc3)n2)cc1. The van der Waals surface area contributed by atoms with E-state index in [9.17, 15) is 13.5 Å². The van der Waals surface area contributed by atoms with Crippen LogP contribution in [0, 0.1) is 0 Å². The van der Waals surface area contributed by atoms with Gasteiger partial charge in [-0.2, -0.15) is 4.80 Å². The maximum absolute atomic E-state index is 12.2. The van der Waals surface area contributed by atoms with Crippen LogP contribution in [0.4, 0.5) is 0 Å². The van der Waals surface area contributed by atoms with E-state index in [2.05, 4.69) is 20.1 Å². The Morgan fingerprint density at radius 3 is 2.43 bits per heavy atom. The first-order valence-corrected chi connectivity index (χ1v) is 10.0. The van der Waals surface area contributed by atoms with Crippen molar-refractivity contribution in [2.24, 2.45) is 0 Å². The second-order valence-corrected chi connectivity index (χ2v) is 7.98. The van der Waals surface area contributed by atoms with E-state index in [4.69, 9.17) is 4.74 Å². The molecule has 2 aromatic carbocycles. The Hall–Kier alpha value is -2.82. The molecule has 0 aliphatic rings. The topological polar surface area (TPSA) is 119 Å². The number of nitrogens with one attached hydrogen (secondary N) is 1. The minimum atomic E-state index is -3.68. The van der Waals surface area contributed by atoms with Gasteiger partial charge in [0.2, 0.25) is 15.8 Å². The van der Waals surface area contributed by atoms with E-state index in [-0.39, 0.29) is 11.4 Å². The molecule has 1 heterocycles. The lowest BCUT2D eigenvalue weighted by Gasteiger charge is -2.08. The summed E-state index contributed by atoms with van der Waals surface area (Å²) in [5.74, 6) is 1.17. The number of sulfonamides is 1. The molecule has 0 bridgehead atoms. The van der Waals surface area contributed by atoms with Gasteiger partial charge in [0.25, 0.3) is 0 Å². The molecule has 0 spiro atoms. The molecule has 0 saturated carbocycles. The van der Waals surface area contributed by atoms with Crippen LogP contribution in [-0.4, -0.2) is 53.5 Å². The third-order valence-electron chi connectivity index (χ3n) is 3.93. The summed E-state index contributed by atoms with van der Waals surface area (Å²) in [6.07, 6.45) is -0.765. The Kier molecular flexibility index (Phi) is 6.02. The molecule has 3 aromatic rings. The van der Waals surface area contributed by atoms with Crippen molar-refractivity contribution in [3.05, 3.63) is 54.1 Å². The molecule has 1 aromatic heterocycles. The van der Waals surface area contributed by atoms with Crippen molar-refractivity contribution < 1.29 is 18.3 Å². The molecule has 3 rings (SSSR count). The van der Waals surface area contributed by atoms with Crippen LogP contribution >= 0.6 is 0 Å². The lowest BCUT2D eigenvalue weighted by molar-refractivity contribution is 0.198. The maximum atomic E-state index is 12.2. The van der Waals surface area contributed by atoms with E-state index in [0.29, 0.717) is 17.9 Å². The normalized spacial score (nSPS) is 12.7. The molecule has 0 aliphatic heterocycles. The van der Waals surface area contributed by atoms with Gasteiger partial charge >= 0.3 is 0 Å². The minimum Gasteiger partial charge on any atom is -0.497 e. The molecule has 0 saturated heterocycles. The van der Waals surface area contributed by atoms with Crippen LogP contribution in [0.15, 0.2) is 53.4 Å². The van der Waals surface area contributed by atoms with Crippen LogP contribution in [0.2, 0.25) is 0 Å². The summed E-state index contributed by atoms with van der Waals surface area (Å²) in [6.45, 7) is 1.91. The Morgan fingerprint density at radius 1 is 1.14 bits per heavy atom. The van der Waals surface area contributed by atoms with Gasteiger partial charge in [0.1, 0.15) is 5.75 Å². The summed E-state index contributed by atoms with van der Waals surface area (Å²) >= 11 is 0. The summed E-state index contributed by atoms with van der Waals surface area (Å²) in [5.41, 5.74) is 1.64. The lowest BCUT2D eigenvalue weighted by atomic mass is 10.2. The van der Waals surface area contributed by atoms with E-state index in [1.165, 1.54) is 23.9 Å². The number of methoxy groups -OCH3 is 1. The molecule has 2 N–H and O–H groups in total. The van der Waals surface area contributed by atoms with E-state index >= 15 is 0 Å². The molecule has 0 aliphatic carbocycles. The molecule has 0 amide bonds. The molecule has 9 nitrogen and oxygen atoms in total. The number of tetrazole rings is 1. The van der Waals surface area contributed by atoms with Gasteiger partial charge in [-0.05, 0) is 54.1 Å². The predicted octanol–water partition coefficient (Wildman–Crippen LogP) is 1.06. The maximum Gasteiger partial charge on any atom is 0.240 e. The van der Waals surface area contributed by atoms with Crippen LogP contribution in [-0.2, 0) is 16.6 Å². The van der Waals surface area contributed by atoms with E-state index < -0.39 is 16.1 Å². The molecule has 1 unspecified atom stereocenters. The van der Waals surface area contributed by atoms with Gasteiger partial charge in [-0.1, -0.05) is 12.1 Å². The molecule has 0 fully saturated rings. The van der Waals surface area contributed by atoms with Crippen LogP contribution in [0.25, 0.3) is 11.4 Å². The van der Waals surface area contributed by atoms with Crippen molar-refractivity contribution in [2.45, 2.75) is 24.5 Å². The molecule has 28 heavy (non-hydrogen) atoms. The monoisotopic (exact) mass is 403 g/mol.